The average Bonchev–Trinajstić information content (AvgIpc) is 2.51. The summed E-state index contributed by atoms with van der Waals surface area (Å²) in [6.07, 6.45) is -3.11. The number of fused-ring (bicyclic) bond motifs is 1. The van der Waals surface area contributed by atoms with Crippen LogP contribution >= 0.6 is 11.6 Å². The molecule has 0 N–H and O–H groups in total. The van der Waals surface area contributed by atoms with Crippen molar-refractivity contribution in [3.8, 4) is 0 Å². The van der Waals surface area contributed by atoms with Crippen LogP contribution in [-0.4, -0.2) is 9.78 Å². The van der Waals surface area contributed by atoms with Crippen LogP contribution in [0.5, 0.6) is 0 Å². The highest BCUT2D eigenvalue weighted by molar-refractivity contribution is 6.35. The molecule has 2 rings (SSSR count). The minimum Gasteiger partial charge on any atom is -0.275 e. The summed E-state index contributed by atoms with van der Waals surface area (Å²) in [5, 5.41) is 3.96. The molecule has 6 heteroatoms. The molecular formula is C9H6ClF3N2. The Morgan fingerprint density at radius 3 is 2.80 bits per heavy atom. The van der Waals surface area contributed by atoms with Gasteiger partial charge in [0, 0.05) is 18.6 Å². The van der Waals surface area contributed by atoms with E-state index in [1.807, 2.05) is 0 Å². The second-order valence-electron chi connectivity index (χ2n) is 3.10. The molecule has 0 unspecified atom stereocenters. The molecule has 0 bridgehead atoms. The van der Waals surface area contributed by atoms with Crippen LogP contribution in [0.25, 0.3) is 10.9 Å². The third kappa shape index (κ3) is 1.79. The summed E-state index contributed by atoms with van der Waals surface area (Å²) in [6.45, 7) is 0. The van der Waals surface area contributed by atoms with Gasteiger partial charge in [-0.05, 0) is 12.1 Å². The Bertz CT molecular complexity index is 562. The Morgan fingerprint density at radius 2 is 2.20 bits per heavy atom. The molecule has 0 aliphatic heterocycles. The Kier molecular flexibility index (Phi) is 1.88. The maximum Gasteiger partial charge on any atom is 0.416 e. The van der Waals surface area contributed by atoms with E-state index in [2.05, 4.69) is 5.10 Å². The van der Waals surface area contributed by atoms with E-state index in [0.717, 1.165) is 6.07 Å². The fourth-order valence-corrected chi connectivity index (χ4v) is 1.54. The molecule has 0 aliphatic rings. The van der Waals surface area contributed by atoms with Crippen LogP contribution in [0.3, 0.4) is 0 Å². The summed E-state index contributed by atoms with van der Waals surface area (Å²) in [5.41, 5.74) is -0.931. The number of hydrogen-bond donors (Lipinski definition) is 0. The van der Waals surface area contributed by atoms with Crippen molar-refractivity contribution in [2.45, 2.75) is 6.18 Å². The second-order valence-corrected chi connectivity index (χ2v) is 3.47. The molecule has 1 aromatic carbocycles. The summed E-state index contributed by atoms with van der Waals surface area (Å²) in [7, 11) is 1.58. The predicted octanol–water partition coefficient (Wildman–Crippen LogP) is 3.25. The number of hydrogen-bond acceptors (Lipinski definition) is 1. The van der Waals surface area contributed by atoms with Gasteiger partial charge in [-0.2, -0.15) is 18.3 Å². The van der Waals surface area contributed by atoms with Crippen LogP contribution in [0.1, 0.15) is 6.93 Å². The zero-order chi connectivity index (χ0) is 12.1. The van der Waals surface area contributed by atoms with E-state index in [9.17, 15) is 13.2 Å². The first-order valence-corrected chi connectivity index (χ1v) is 4.38. The summed E-state index contributed by atoms with van der Waals surface area (Å²) in [6, 6.07) is 0.124. The van der Waals surface area contributed by atoms with Crippen LogP contribution in [0.2, 0.25) is 5.02 Å². The SMILES string of the molecule is [2H]c1c(C(F)(F)F)cc2nn(C)cc2c1Cl. The maximum absolute atomic E-state index is 12.6. The van der Waals surface area contributed by atoms with Crippen molar-refractivity contribution in [1.82, 2.24) is 9.78 Å². The molecule has 80 valence electrons. The smallest absolute Gasteiger partial charge is 0.275 e. The van der Waals surface area contributed by atoms with Crippen LogP contribution in [0, 0.1) is 0 Å². The number of aryl methyl sites for hydroxylation is 1. The van der Waals surface area contributed by atoms with Gasteiger partial charge in [0.25, 0.3) is 0 Å². The topological polar surface area (TPSA) is 17.8 Å². The Balaban J connectivity index is 2.83. The number of nitrogens with zero attached hydrogens (tertiary/aromatic N) is 2. The monoisotopic (exact) mass is 235 g/mol. The average molecular weight is 236 g/mol. The highest BCUT2D eigenvalue weighted by Gasteiger charge is 2.31. The largest absolute Gasteiger partial charge is 0.416 e. The van der Waals surface area contributed by atoms with Crippen molar-refractivity contribution in [2.75, 3.05) is 0 Å². The molecule has 15 heavy (non-hydrogen) atoms. The second kappa shape index (κ2) is 3.13. The van der Waals surface area contributed by atoms with Crippen LogP contribution in [0.4, 0.5) is 13.2 Å². The molecule has 0 saturated heterocycles. The van der Waals surface area contributed by atoms with Crippen LogP contribution in [-0.2, 0) is 13.2 Å². The number of aromatic nitrogens is 2. The number of benzene rings is 1. The highest BCUT2D eigenvalue weighted by atomic mass is 35.5. The molecule has 0 amide bonds. The van der Waals surface area contributed by atoms with Crippen molar-refractivity contribution in [3.63, 3.8) is 0 Å². The van der Waals surface area contributed by atoms with Gasteiger partial charge >= 0.3 is 6.18 Å². The molecule has 2 nitrogen and oxygen atoms in total. The van der Waals surface area contributed by atoms with E-state index < -0.39 is 17.8 Å². The normalized spacial score (nSPS) is 13.3. The third-order valence-electron chi connectivity index (χ3n) is 1.92. The van der Waals surface area contributed by atoms with Crippen LogP contribution in [0.15, 0.2) is 18.3 Å². The molecular weight excluding hydrogens is 229 g/mol. The van der Waals surface area contributed by atoms with Gasteiger partial charge in [0.05, 0.1) is 17.5 Å². The molecule has 0 fully saturated rings. The van der Waals surface area contributed by atoms with E-state index in [1.165, 1.54) is 10.9 Å². The number of rotatable bonds is 0. The fourth-order valence-electron chi connectivity index (χ4n) is 1.29. The Labute approximate surface area is 89.7 Å². The Morgan fingerprint density at radius 1 is 1.53 bits per heavy atom. The van der Waals surface area contributed by atoms with Gasteiger partial charge in [0.2, 0.25) is 0 Å². The number of halogens is 4. The lowest BCUT2D eigenvalue weighted by molar-refractivity contribution is -0.137. The lowest BCUT2D eigenvalue weighted by Crippen LogP contribution is -2.04. The van der Waals surface area contributed by atoms with Crippen molar-refractivity contribution >= 4 is 22.5 Å². The van der Waals surface area contributed by atoms with Gasteiger partial charge in [0.15, 0.2) is 0 Å². The predicted molar refractivity (Wildman–Crippen MR) is 50.7 cm³/mol. The summed E-state index contributed by atoms with van der Waals surface area (Å²) >= 11 is 5.71. The summed E-state index contributed by atoms with van der Waals surface area (Å²) in [4.78, 5) is 0. The molecule has 1 heterocycles. The van der Waals surface area contributed by atoms with Gasteiger partial charge < -0.3 is 0 Å². The molecule has 2 aromatic rings. The van der Waals surface area contributed by atoms with E-state index in [0.29, 0.717) is 5.39 Å². The standard InChI is InChI=1S/C9H6ClF3N2/c1-15-4-6-7(10)2-5(9(11,12)13)3-8(6)14-15/h2-4H,1H3/i2D. The third-order valence-corrected chi connectivity index (χ3v) is 2.22. The molecule has 0 atom stereocenters. The highest BCUT2D eigenvalue weighted by Crippen LogP contribution is 2.34. The summed E-state index contributed by atoms with van der Waals surface area (Å²) < 4.78 is 46.4. The van der Waals surface area contributed by atoms with E-state index >= 15 is 0 Å². The molecule has 0 aliphatic carbocycles. The Hall–Kier alpha value is -1.23. The van der Waals surface area contributed by atoms with E-state index in [-0.39, 0.29) is 10.5 Å². The van der Waals surface area contributed by atoms with E-state index in [1.54, 1.807) is 7.05 Å². The molecule has 0 saturated carbocycles. The van der Waals surface area contributed by atoms with Gasteiger partial charge in [-0.3, -0.25) is 4.68 Å². The zero-order valence-electron chi connectivity index (χ0n) is 8.56. The van der Waals surface area contributed by atoms with Crippen molar-refractivity contribution in [3.05, 3.63) is 28.9 Å². The van der Waals surface area contributed by atoms with Gasteiger partial charge in [-0.1, -0.05) is 11.6 Å². The van der Waals surface area contributed by atoms with Gasteiger partial charge in [-0.25, -0.2) is 0 Å². The fraction of sp³-hybridized carbons (Fsp3) is 0.222. The van der Waals surface area contributed by atoms with Gasteiger partial charge in [-0.15, -0.1) is 0 Å². The summed E-state index contributed by atoms with van der Waals surface area (Å²) in [5.74, 6) is 0. The zero-order valence-corrected chi connectivity index (χ0v) is 8.32. The van der Waals surface area contributed by atoms with Crippen molar-refractivity contribution in [1.29, 1.82) is 0 Å². The van der Waals surface area contributed by atoms with Crippen LogP contribution < -0.4 is 0 Å². The first-order chi connectivity index (χ1) is 7.30. The molecule has 1 aromatic heterocycles. The minimum absolute atomic E-state index is 0.135. The number of alkyl halides is 3. The molecule has 0 spiro atoms. The van der Waals surface area contributed by atoms with Crippen molar-refractivity contribution < 1.29 is 14.5 Å². The first kappa shape index (κ1) is 9.03. The minimum atomic E-state index is -4.59. The van der Waals surface area contributed by atoms with Crippen molar-refractivity contribution in [2.24, 2.45) is 7.05 Å². The quantitative estimate of drug-likeness (QED) is 0.685. The molecule has 0 radical (unpaired) electrons. The van der Waals surface area contributed by atoms with Gasteiger partial charge in [0.1, 0.15) is 0 Å². The lowest BCUT2D eigenvalue weighted by Gasteiger charge is -2.06. The first-order valence-electron chi connectivity index (χ1n) is 4.50. The maximum atomic E-state index is 12.6. The lowest BCUT2D eigenvalue weighted by atomic mass is 10.1. The van der Waals surface area contributed by atoms with E-state index in [4.69, 9.17) is 13.0 Å².